The van der Waals surface area contributed by atoms with E-state index in [1.54, 1.807) is 17.1 Å². The largest absolute Gasteiger partial charge is 0.478 e. The van der Waals surface area contributed by atoms with Crippen LogP contribution in [0, 0.1) is 12.7 Å². The number of carboxylic acids is 1. The Kier molecular flexibility index (Phi) is 7.06. The van der Waals surface area contributed by atoms with Crippen LogP contribution in [0.4, 0.5) is 10.1 Å². The first-order chi connectivity index (χ1) is 18.3. The maximum atomic E-state index is 13.5. The summed E-state index contributed by atoms with van der Waals surface area (Å²) >= 11 is 1.18. The van der Waals surface area contributed by atoms with Crippen LogP contribution in [0.5, 0.6) is 0 Å². The standard InChI is InChI=1S/C28H23FN4O4S/c1-16-2-4-18(5-3-16)23-14-22(17-6-10-20(29)11-7-17)32-33(23)28-31-26(35)24(38-28)15-25(34)30-21-12-8-19(9-13-21)27(36)37/h2-13,23-24H,14-15H2,1H3,(H,30,34)(H,36,37). The number of carbonyl (C=O) groups excluding carboxylic acids is 2. The first-order valence-corrected chi connectivity index (χ1v) is 12.8. The second-order valence-corrected chi connectivity index (χ2v) is 10.2. The highest BCUT2D eigenvalue weighted by Gasteiger charge is 2.39. The van der Waals surface area contributed by atoms with E-state index >= 15 is 0 Å². The molecule has 2 heterocycles. The lowest BCUT2D eigenvalue weighted by Crippen LogP contribution is -2.25. The molecule has 38 heavy (non-hydrogen) atoms. The third kappa shape index (κ3) is 5.50. The molecule has 0 saturated heterocycles. The van der Waals surface area contributed by atoms with Gasteiger partial charge in [-0.05, 0) is 54.4 Å². The summed E-state index contributed by atoms with van der Waals surface area (Å²) in [6.07, 6.45) is 0.439. The third-order valence-electron chi connectivity index (χ3n) is 6.26. The molecule has 8 nitrogen and oxygen atoms in total. The van der Waals surface area contributed by atoms with E-state index in [0.717, 1.165) is 22.4 Å². The normalized spacial score (nSPS) is 18.8. The number of nitrogens with zero attached hydrogens (tertiary/aromatic N) is 3. The van der Waals surface area contributed by atoms with Crippen LogP contribution in [0.15, 0.2) is 82.9 Å². The van der Waals surface area contributed by atoms with Crippen LogP contribution in [0.25, 0.3) is 0 Å². The lowest BCUT2D eigenvalue weighted by Gasteiger charge is -2.23. The number of hydrazone groups is 1. The van der Waals surface area contributed by atoms with Gasteiger partial charge in [0.15, 0.2) is 5.17 Å². The molecule has 0 radical (unpaired) electrons. The van der Waals surface area contributed by atoms with Crippen molar-refractivity contribution in [3.63, 3.8) is 0 Å². The molecule has 3 aromatic rings. The van der Waals surface area contributed by atoms with Crippen molar-refractivity contribution in [3.8, 4) is 0 Å². The van der Waals surface area contributed by atoms with Gasteiger partial charge in [-0.25, -0.2) is 14.2 Å². The fourth-order valence-corrected chi connectivity index (χ4v) is 5.29. The van der Waals surface area contributed by atoms with Gasteiger partial charge < -0.3 is 10.4 Å². The highest BCUT2D eigenvalue weighted by Crippen LogP contribution is 2.38. The number of thioether (sulfide) groups is 1. The summed E-state index contributed by atoms with van der Waals surface area (Å²) in [5.41, 5.74) is 4.19. The molecule has 2 aliphatic heterocycles. The minimum absolute atomic E-state index is 0.102. The summed E-state index contributed by atoms with van der Waals surface area (Å²) in [7, 11) is 0. The Balaban J connectivity index is 1.32. The highest BCUT2D eigenvalue weighted by atomic mass is 32.2. The minimum atomic E-state index is -1.06. The Morgan fingerprint density at radius 3 is 2.39 bits per heavy atom. The topological polar surface area (TPSA) is 111 Å². The highest BCUT2D eigenvalue weighted by molar-refractivity contribution is 8.15. The van der Waals surface area contributed by atoms with E-state index in [1.165, 1.54) is 48.2 Å². The van der Waals surface area contributed by atoms with Gasteiger partial charge in [0.25, 0.3) is 5.91 Å². The van der Waals surface area contributed by atoms with E-state index < -0.39 is 17.1 Å². The van der Waals surface area contributed by atoms with Crippen LogP contribution in [-0.4, -0.2) is 44.0 Å². The van der Waals surface area contributed by atoms with Crippen molar-refractivity contribution in [1.29, 1.82) is 0 Å². The lowest BCUT2D eigenvalue weighted by atomic mass is 9.98. The Hall–Kier alpha value is -4.31. The summed E-state index contributed by atoms with van der Waals surface area (Å²) in [6, 6.07) is 19.7. The maximum absolute atomic E-state index is 13.5. The van der Waals surface area contributed by atoms with Crippen LogP contribution in [0.1, 0.15) is 45.9 Å². The molecular weight excluding hydrogens is 507 g/mol. The fourth-order valence-electron chi connectivity index (χ4n) is 4.23. The summed E-state index contributed by atoms with van der Waals surface area (Å²) in [5, 5.41) is 17.9. The molecule has 3 aromatic carbocycles. The van der Waals surface area contributed by atoms with Gasteiger partial charge in [-0.15, -0.1) is 0 Å². The van der Waals surface area contributed by atoms with Crippen molar-refractivity contribution in [2.75, 3.05) is 5.32 Å². The van der Waals surface area contributed by atoms with Crippen molar-refractivity contribution < 1.29 is 23.9 Å². The van der Waals surface area contributed by atoms with Crippen molar-refractivity contribution in [2.24, 2.45) is 10.1 Å². The quantitative estimate of drug-likeness (QED) is 0.464. The number of rotatable bonds is 6. The molecule has 2 amide bonds. The predicted molar refractivity (Wildman–Crippen MR) is 144 cm³/mol. The van der Waals surface area contributed by atoms with Crippen LogP contribution < -0.4 is 5.32 Å². The average molecular weight is 531 g/mol. The van der Waals surface area contributed by atoms with Crippen molar-refractivity contribution >= 4 is 46.1 Å². The van der Waals surface area contributed by atoms with Crippen LogP contribution in [-0.2, 0) is 9.59 Å². The number of hydrogen-bond donors (Lipinski definition) is 2. The number of aliphatic imine (C=N–C) groups is 1. The molecule has 10 heteroatoms. The number of halogens is 1. The number of amidine groups is 1. The molecule has 2 atom stereocenters. The Morgan fingerprint density at radius 2 is 1.74 bits per heavy atom. The molecule has 0 saturated carbocycles. The zero-order chi connectivity index (χ0) is 26.8. The number of amides is 2. The molecule has 0 bridgehead atoms. The lowest BCUT2D eigenvalue weighted by molar-refractivity contribution is -0.121. The van der Waals surface area contributed by atoms with Gasteiger partial charge in [-0.1, -0.05) is 53.7 Å². The number of carbonyl (C=O) groups is 3. The van der Waals surface area contributed by atoms with E-state index in [0.29, 0.717) is 17.3 Å². The van der Waals surface area contributed by atoms with E-state index in [4.69, 9.17) is 10.2 Å². The molecule has 2 aliphatic rings. The molecule has 0 aliphatic carbocycles. The number of nitrogens with one attached hydrogen (secondary N) is 1. The monoisotopic (exact) mass is 530 g/mol. The zero-order valence-electron chi connectivity index (χ0n) is 20.3. The molecule has 0 aromatic heterocycles. The van der Waals surface area contributed by atoms with Crippen LogP contribution in [0.2, 0.25) is 0 Å². The van der Waals surface area contributed by atoms with Gasteiger partial charge >= 0.3 is 5.97 Å². The second kappa shape index (κ2) is 10.6. The molecule has 5 rings (SSSR count). The van der Waals surface area contributed by atoms with Gasteiger partial charge in [0.1, 0.15) is 11.1 Å². The van der Waals surface area contributed by atoms with Gasteiger partial charge in [-0.2, -0.15) is 10.1 Å². The molecular formula is C28H23FN4O4S. The Labute approximate surface area is 222 Å². The number of anilines is 1. The SMILES string of the molecule is Cc1ccc(C2CC(c3ccc(F)cc3)=NN2C2=NC(=O)C(CC(=O)Nc3ccc(C(=O)O)cc3)S2)cc1. The van der Waals surface area contributed by atoms with Crippen LogP contribution in [0.3, 0.4) is 0 Å². The van der Waals surface area contributed by atoms with Gasteiger partial charge in [0.05, 0.1) is 17.3 Å². The van der Waals surface area contributed by atoms with E-state index in [2.05, 4.69) is 10.3 Å². The third-order valence-corrected chi connectivity index (χ3v) is 7.40. The van der Waals surface area contributed by atoms with Crippen molar-refractivity contribution in [1.82, 2.24) is 5.01 Å². The van der Waals surface area contributed by atoms with Crippen molar-refractivity contribution in [3.05, 3.63) is 101 Å². The van der Waals surface area contributed by atoms with Crippen LogP contribution >= 0.6 is 11.8 Å². The summed E-state index contributed by atoms with van der Waals surface area (Å²) in [5.74, 6) is -2.20. The Morgan fingerprint density at radius 1 is 1.05 bits per heavy atom. The smallest absolute Gasteiger partial charge is 0.335 e. The maximum Gasteiger partial charge on any atom is 0.335 e. The average Bonchev–Trinajstić information content (AvgIpc) is 3.49. The van der Waals surface area contributed by atoms with E-state index in [-0.39, 0.29) is 29.8 Å². The molecule has 192 valence electrons. The summed E-state index contributed by atoms with van der Waals surface area (Å²) < 4.78 is 13.5. The number of aromatic carboxylic acids is 1. The number of benzene rings is 3. The number of hydrogen-bond acceptors (Lipinski definition) is 6. The second-order valence-electron chi connectivity index (χ2n) is 9.00. The van der Waals surface area contributed by atoms with E-state index in [9.17, 15) is 18.8 Å². The first kappa shape index (κ1) is 25.3. The number of carboxylic acid groups (broad SMARTS) is 1. The predicted octanol–water partition coefficient (Wildman–Crippen LogP) is 5.01. The molecule has 2 N–H and O–H groups in total. The summed E-state index contributed by atoms with van der Waals surface area (Å²) in [6.45, 7) is 2.00. The van der Waals surface area contributed by atoms with Gasteiger partial charge in [0.2, 0.25) is 5.91 Å². The van der Waals surface area contributed by atoms with E-state index in [1.807, 2.05) is 31.2 Å². The zero-order valence-corrected chi connectivity index (χ0v) is 21.1. The van der Waals surface area contributed by atoms with Gasteiger partial charge in [-0.3, -0.25) is 9.59 Å². The summed E-state index contributed by atoms with van der Waals surface area (Å²) in [4.78, 5) is 40.6. The molecule has 0 fully saturated rings. The van der Waals surface area contributed by atoms with Crippen molar-refractivity contribution in [2.45, 2.75) is 31.1 Å². The fraction of sp³-hybridized carbons (Fsp3) is 0.179. The Bertz CT molecular complexity index is 1450. The van der Waals surface area contributed by atoms with Gasteiger partial charge in [0, 0.05) is 18.5 Å². The molecule has 0 spiro atoms. The molecule has 2 unspecified atom stereocenters. The number of aryl methyl sites for hydroxylation is 1. The first-order valence-electron chi connectivity index (χ1n) is 11.9. The minimum Gasteiger partial charge on any atom is -0.478 e.